The van der Waals surface area contributed by atoms with Gasteiger partial charge in [-0.1, -0.05) is 127 Å². The highest BCUT2D eigenvalue weighted by molar-refractivity contribution is 6.06. The van der Waals surface area contributed by atoms with Crippen molar-refractivity contribution >= 4 is 54.3 Å². The zero-order chi connectivity index (χ0) is 32.3. The predicted octanol–water partition coefficient (Wildman–Crippen LogP) is 11.9. The van der Waals surface area contributed by atoms with Gasteiger partial charge in [-0.05, 0) is 79.8 Å². The van der Waals surface area contributed by atoms with E-state index in [0.717, 1.165) is 60.4 Å². The molecule has 0 saturated heterocycles. The number of hydrogen-bond donors (Lipinski definition) is 0. The van der Waals surface area contributed by atoms with E-state index in [4.69, 9.17) is 19.4 Å². The maximum atomic E-state index is 6.26. The van der Waals surface area contributed by atoms with Crippen molar-refractivity contribution in [2.24, 2.45) is 0 Å². The second-order valence-electron chi connectivity index (χ2n) is 12.5. The summed E-state index contributed by atoms with van der Waals surface area (Å²) >= 11 is 0. The Bertz CT molecular complexity index is 2900. The molecule has 0 atom stereocenters. The summed E-state index contributed by atoms with van der Waals surface area (Å²) in [5.74, 6) is 1.84. The van der Waals surface area contributed by atoms with E-state index in [1.807, 2.05) is 24.3 Å². The minimum absolute atomic E-state index is 0.596. The van der Waals surface area contributed by atoms with Crippen molar-refractivity contribution in [3.05, 3.63) is 164 Å². The zero-order valence-electron chi connectivity index (χ0n) is 26.3. The van der Waals surface area contributed by atoms with Crippen LogP contribution in [0.25, 0.3) is 99.5 Å². The zero-order valence-corrected chi connectivity index (χ0v) is 26.3. The quantitative estimate of drug-likeness (QED) is 0.195. The molecule has 4 nitrogen and oxygen atoms in total. The Kier molecular flexibility index (Phi) is 6.15. The minimum Gasteiger partial charge on any atom is -0.456 e. The Morgan fingerprint density at radius 1 is 0.306 bits per heavy atom. The topological polar surface area (TPSA) is 51.8 Å². The van der Waals surface area contributed by atoms with Gasteiger partial charge in [0.05, 0.1) is 0 Å². The van der Waals surface area contributed by atoms with Gasteiger partial charge in [0.15, 0.2) is 17.5 Å². The van der Waals surface area contributed by atoms with Gasteiger partial charge in [-0.25, -0.2) is 15.0 Å². The van der Waals surface area contributed by atoms with Gasteiger partial charge in [0, 0.05) is 27.5 Å². The lowest BCUT2D eigenvalue weighted by Gasteiger charge is -2.12. The SMILES string of the molecule is c1ccc2cc(-c3ccc4cccc(-c5nc(-c6ccc7ccccc7c6)nc(-c6ccc7c(c6)oc6ccccc67)n5)c4c3)ccc2c1. The molecule has 0 radical (unpaired) electrons. The van der Waals surface area contributed by atoms with E-state index in [-0.39, 0.29) is 0 Å². The van der Waals surface area contributed by atoms with Crippen LogP contribution in [0.4, 0.5) is 0 Å². The highest BCUT2D eigenvalue weighted by atomic mass is 16.3. The average molecular weight is 626 g/mol. The third-order valence-corrected chi connectivity index (χ3v) is 9.49. The maximum absolute atomic E-state index is 6.26. The second-order valence-corrected chi connectivity index (χ2v) is 12.5. The number of benzene rings is 8. The molecule has 0 aliphatic carbocycles. The number of nitrogens with zero attached hydrogens (tertiary/aromatic N) is 3. The Hall–Kier alpha value is -6.65. The lowest BCUT2D eigenvalue weighted by molar-refractivity contribution is 0.669. The van der Waals surface area contributed by atoms with Crippen molar-refractivity contribution in [3.63, 3.8) is 0 Å². The molecule has 8 aromatic carbocycles. The monoisotopic (exact) mass is 625 g/mol. The average Bonchev–Trinajstić information content (AvgIpc) is 3.55. The maximum Gasteiger partial charge on any atom is 0.164 e. The summed E-state index contributed by atoms with van der Waals surface area (Å²) < 4.78 is 6.26. The largest absolute Gasteiger partial charge is 0.456 e. The summed E-state index contributed by atoms with van der Waals surface area (Å²) in [4.78, 5) is 15.4. The van der Waals surface area contributed by atoms with E-state index < -0.39 is 0 Å². The van der Waals surface area contributed by atoms with Gasteiger partial charge in [0.25, 0.3) is 0 Å². The van der Waals surface area contributed by atoms with Crippen molar-refractivity contribution in [3.8, 4) is 45.3 Å². The number of fused-ring (bicyclic) bond motifs is 6. The van der Waals surface area contributed by atoms with Gasteiger partial charge in [0.1, 0.15) is 11.2 Å². The predicted molar refractivity (Wildman–Crippen MR) is 201 cm³/mol. The van der Waals surface area contributed by atoms with Gasteiger partial charge >= 0.3 is 0 Å². The lowest BCUT2D eigenvalue weighted by Crippen LogP contribution is -2.00. The van der Waals surface area contributed by atoms with Gasteiger partial charge in [-0.15, -0.1) is 0 Å². The van der Waals surface area contributed by atoms with E-state index in [0.29, 0.717) is 17.5 Å². The molecule has 0 spiro atoms. The summed E-state index contributed by atoms with van der Waals surface area (Å²) in [6.07, 6.45) is 0. The molecule has 4 heteroatoms. The van der Waals surface area contributed by atoms with Crippen LogP contribution in [0.15, 0.2) is 168 Å². The molecule has 0 fully saturated rings. The minimum atomic E-state index is 0.596. The summed E-state index contributed by atoms with van der Waals surface area (Å²) in [5.41, 5.74) is 6.74. The van der Waals surface area contributed by atoms with Crippen molar-refractivity contribution in [2.45, 2.75) is 0 Å². The first kappa shape index (κ1) is 27.5. The molecule has 0 unspecified atom stereocenters. The summed E-state index contributed by atoms with van der Waals surface area (Å²) in [5, 5.41) is 9.13. The number of aromatic nitrogens is 3. The Morgan fingerprint density at radius 2 is 0.837 bits per heavy atom. The van der Waals surface area contributed by atoms with Crippen LogP contribution in [0.5, 0.6) is 0 Å². The van der Waals surface area contributed by atoms with Crippen molar-refractivity contribution in [1.82, 2.24) is 15.0 Å². The molecule has 2 heterocycles. The van der Waals surface area contributed by atoms with Crippen molar-refractivity contribution < 1.29 is 4.42 Å². The molecule has 0 saturated carbocycles. The first-order valence-corrected chi connectivity index (χ1v) is 16.4. The normalized spacial score (nSPS) is 11.7. The first-order valence-electron chi connectivity index (χ1n) is 16.4. The molecule has 0 aliphatic heterocycles. The lowest BCUT2D eigenvalue weighted by atomic mass is 9.96. The summed E-state index contributed by atoms with van der Waals surface area (Å²) in [6, 6.07) is 57.1. The third kappa shape index (κ3) is 4.73. The van der Waals surface area contributed by atoms with Crippen LogP contribution in [0.2, 0.25) is 0 Å². The molecule has 228 valence electrons. The van der Waals surface area contributed by atoms with Crippen LogP contribution in [0, 0.1) is 0 Å². The standard InChI is InChI=1S/C45H27N3O/c1-3-10-31-24-33(19-16-28(31)8-1)34-20-18-30-12-7-14-39(40(30)26-34)45-47-43(35-21-17-29-9-2-4-11-32(29)25-35)46-44(48-45)36-22-23-38-37-13-5-6-15-41(37)49-42(38)27-36/h1-27H. The molecular formula is C45H27N3O. The smallest absolute Gasteiger partial charge is 0.164 e. The number of furan rings is 1. The summed E-state index contributed by atoms with van der Waals surface area (Å²) in [6.45, 7) is 0. The highest BCUT2D eigenvalue weighted by Crippen LogP contribution is 2.36. The fourth-order valence-corrected chi connectivity index (χ4v) is 6.96. The van der Waals surface area contributed by atoms with Gasteiger partial charge in [-0.2, -0.15) is 0 Å². The number of para-hydroxylation sites is 1. The third-order valence-electron chi connectivity index (χ3n) is 9.49. The molecule has 10 rings (SSSR count). The van der Waals surface area contributed by atoms with Gasteiger partial charge in [-0.3, -0.25) is 0 Å². The molecular weight excluding hydrogens is 599 g/mol. The van der Waals surface area contributed by atoms with Crippen LogP contribution >= 0.6 is 0 Å². The molecule has 10 aromatic rings. The van der Waals surface area contributed by atoms with Gasteiger partial charge < -0.3 is 4.42 Å². The molecule has 0 amide bonds. The molecule has 2 aromatic heterocycles. The first-order chi connectivity index (χ1) is 24.2. The Morgan fingerprint density at radius 3 is 1.61 bits per heavy atom. The molecule has 0 aliphatic rings. The van der Waals surface area contributed by atoms with E-state index in [9.17, 15) is 0 Å². The van der Waals surface area contributed by atoms with E-state index >= 15 is 0 Å². The van der Waals surface area contributed by atoms with Crippen LogP contribution < -0.4 is 0 Å². The number of hydrogen-bond acceptors (Lipinski definition) is 4. The molecule has 49 heavy (non-hydrogen) atoms. The van der Waals surface area contributed by atoms with Crippen LogP contribution in [-0.2, 0) is 0 Å². The van der Waals surface area contributed by atoms with E-state index in [1.165, 1.54) is 21.7 Å². The van der Waals surface area contributed by atoms with Crippen LogP contribution in [-0.4, -0.2) is 15.0 Å². The Balaban J connectivity index is 1.18. The van der Waals surface area contributed by atoms with Crippen molar-refractivity contribution in [1.29, 1.82) is 0 Å². The fourth-order valence-electron chi connectivity index (χ4n) is 6.96. The number of rotatable bonds is 4. The molecule has 0 N–H and O–H groups in total. The van der Waals surface area contributed by atoms with Crippen molar-refractivity contribution in [2.75, 3.05) is 0 Å². The van der Waals surface area contributed by atoms with E-state index in [2.05, 4.69) is 140 Å². The van der Waals surface area contributed by atoms with Crippen LogP contribution in [0.1, 0.15) is 0 Å². The molecule has 0 bridgehead atoms. The second kappa shape index (κ2) is 11.0. The van der Waals surface area contributed by atoms with Gasteiger partial charge in [0.2, 0.25) is 0 Å². The summed E-state index contributed by atoms with van der Waals surface area (Å²) in [7, 11) is 0. The van der Waals surface area contributed by atoms with E-state index in [1.54, 1.807) is 0 Å². The highest BCUT2D eigenvalue weighted by Gasteiger charge is 2.17. The fraction of sp³-hybridized carbons (Fsp3) is 0. The van der Waals surface area contributed by atoms with Crippen LogP contribution in [0.3, 0.4) is 0 Å². The Labute approximate surface area is 282 Å².